The van der Waals surface area contributed by atoms with Crippen LogP contribution in [0, 0.1) is 18.8 Å². The second-order valence-corrected chi connectivity index (χ2v) is 5.46. The first kappa shape index (κ1) is 14.9. The number of amides is 1. The molecule has 0 bridgehead atoms. The lowest BCUT2D eigenvalue weighted by atomic mass is 9.95. The van der Waals surface area contributed by atoms with E-state index in [0.29, 0.717) is 19.1 Å². The normalized spacial score (nSPS) is 21.8. The summed E-state index contributed by atoms with van der Waals surface area (Å²) in [7, 11) is 0. The van der Waals surface area contributed by atoms with Gasteiger partial charge in [0.05, 0.1) is 12.3 Å². The maximum Gasteiger partial charge on any atom is 0.227 e. The van der Waals surface area contributed by atoms with Crippen LogP contribution in [0.1, 0.15) is 31.7 Å². The van der Waals surface area contributed by atoms with Crippen molar-refractivity contribution in [1.82, 2.24) is 0 Å². The number of hydrogen-bond acceptors (Lipinski definition) is 3. The van der Waals surface area contributed by atoms with Gasteiger partial charge in [-0.15, -0.1) is 0 Å². The van der Waals surface area contributed by atoms with Crippen LogP contribution in [0.5, 0.6) is 5.75 Å². The molecule has 0 unspecified atom stereocenters. The summed E-state index contributed by atoms with van der Waals surface area (Å²) in [6.07, 6.45) is 3.08. The molecule has 4 heteroatoms. The minimum atomic E-state index is 0.0378. The average Bonchev–Trinajstić information content (AvgIpc) is 2.90. The van der Waals surface area contributed by atoms with Crippen LogP contribution in [0.4, 0.5) is 5.69 Å². The van der Waals surface area contributed by atoms with Crippen molar-refractivity contribution in [2.75, 3.05) is 18.5 Å². The predicted molar refractivity (Wildman–Crippen MR) is 80.9 cm³/mol. The molecule has 1 aliphatic rings. The fraction of sp³-hybridized carbons (Fsp3) is 0.562. The van der Waals surface area contributed by atoms with Gasteiger partial charge in [-0.05, 0) is 56.8 Å². The summed E-state index contributed by atoms with van der Waals surface area (Å²) in [5.74, 6) is 1.16. The summed E-state index contributed by atoms with van der Waals surface area (Å²) in [5, 5.41) is 3.01. The van der Waals surface area contributed by atoms with E-state index in [9.17, 15) is 4.79 Å². The second kappa shape index (κ2) is 6.75. The summed E-state index contributed by atoms with van der Waals surface area (Å²) < 4.78 is 5.60. The Kier molecular flexibility index (Phi) is 5.01. The van der Waals surface area contributed by atoms with Crippen LogP contribution in [-0.4, -0.2) is 19.1 Å². The van der Waals surface area contributed by atoms with Crippen LogP contribution < -0.4 is 15.8 Å². The van der Waals surface area contributed by atoms with E-state index in [0.717, 1.165) is 36.3 Å². The number of carbonyl (C=O) groups excluding carboxylic acids is 1. The molecule has 0 aromatic heterocycles. The molecule has 110 valence electrons. The Morgan fingerprint density at radius 2 is 2.25 bits per heavy atom. The fourth-order valence-corrected chi connectivity index (χ4v) is 2.90. The van der Waals surface area contributed by atoms with Crippen molar-refractivity contribution < 1.29 is 9.53 Å². The number of carbonyl (C=O) groups is 1. The number of benzene rings is 1. The maximum absolute atomic E-state index is 12.4. The van der Waals surface area contributed by atoms with Crippen molar-refractivity contribution in [3.05, 3.63) is 23.8 Å². The van der Waals surface area contributed by atoms with Gasteiger partial charge in [0.25, 0.3) is 0 Å². The predicted octanol–water partition coefficient (Wildman–Crippen LogP) is 2.71. The topological polar surface area (TPSA) is 64.3 Å². The van der Waals surface area contributed by atoms with E-state index in [4.69, 9.17) is 10.5 Å². The number of rotatable bonds is 5. The van der Waals surface area contributed by atoms with Crippen LogP contribution in [-0.2, 0) is 4.79 Å². The Hall–Kier alpha value is -1.55. The Bertz CT molecular complexity index is 474. The molecule has 20 heavy (non-hydrogen) atoms. The number of ether oxygens (including phenoxy) is 1. The third-order valence-electron chi connectivity index (χ3n) is 3.99. The van der Waals surface area contributed by atoms with E-state index >= 15 is 0 Å². The molecule has 0 radical (unpaired) electrons. The summed E-state index contributed by atoms with van der Waals surface area (Å²) in [4.78, 5) is 12.4. The van der Waals surface area contributed by atoms with E-state index in [1.54, 1.807) is 0 Å². The van der Waals surface area contributed by atoms with E-state index in [1.165, 1.54) is 0 Å². The van der Waals surface area contributed by atoms with Gasteiger partial charge in [-0.3, -0.25) is 4.79 Å². The molecule has 1 aliphatic carbocycles. The molecule has 1 aromatic carbocycles. The van der Waals surface area contributed by atoms with Crippen molar-refractivity contribution in [3.8, 4) is 5.75 Å². The molecule has 0 heterocycles. The quantitative estimate of drug-likeness (QED) is 0.869. The molecule has 2 rings (SSSR count). The molecule has 0 spiro atoms. The molecule has 1 aromatic rings. The number of nitrogens with two attached hydrogens (primary N) is 1. The van der Waals surface area contributed by atoms with Crippen LogP contribution in [0.2, 0.25) is 0 Å². The highest BCUT2D eigenvalue weighted by atomic mass is 16.5. The molecule has 0 saturated heterocycles. The van der Waals surface area contributed by atoms with Gasteiger partial charge in [-0.1, -0.05) is 12.5 Å². The van der Waals surface area contributed by atoms with Gasteiger partial charge < -0.3 is 15.8 Å². The standard InChI is InChI=1S/C16H24N2O2/c1-3-20-15-9-11(2)7-8-14(15)18-16(19)13-6-4-5-12(13)10-17/h7-9,12-13H,3-6,10,17H2,1-2H3,(H,18,19)/t12-,13-/m1/s1. The molecule has 1 saturated carbocycles. The van der Waals surface area contributed by atoms with Gasteiger partial charge in [-0.2, -0.15) is 0 Å². The summed E-state index contributed by atoms with van der Waals surface area (Å²) in [6.45, 7) is 5.12. The summed E-state index contributed by atoms with van der Waals surface area (Å²) >= 11 is 0. The number of hydrogen-bond donors (Lipinski definition) is 2. The third kappa shape index (κ3) is 3.31. The Balaban J connectivity index is 2.11. The fourth-order valence-electron chi connectivity index (χ4n) is 2.90. The highest BCUT2D eigenvalue weighted by molar-refractivity contribution is 5.94. The van der Waals surface area contributed by atoms with Crippen molar-refractivity contribution in [1.29, 1.82) is 0 Å². The van der Waals surface area contributed by atoms with E-state index in [1.807, 2.05) is 32.0 Å². The Morgan fingerprint density at radius 3 is 2.95 bits per heavy atom. The molecular weight excluding hydrogens is 252 g/mol. The van der Waals surface area contributed by atoms with E-state index < -0.39 is 0 Å². The van der Waals surface area contributed by atoms with Gasteiger partial charge >= 0.3 is 0 Å². The largest absolute Gasteiger partial charge is 0.492 e. The molecule has 4 nitrogen and oxygen atoms in total. The summed E-state index contributed by atoms with van der Waals surface area (Å²) in [6, 6.07) is 5.84. The van der Waals surface area contributed by atoms with Crippen LogP contribution in [0.15, 0.2) is 18.2 Å². The number of nitrogens with one attached hydrogen (secondary N) is 1. The van der Waals surface area contributed by atoms with Crippen LogP contribution >= 0.6 is 0 Å². The first-order chi connectivity index (χ1) is 9.65. The smallest absolute Gasteiger partial charge is 0.227 e. The van der Waals surface area contributed by atoms with Crippen molar-refractivity contribution in [3.63, 3.8) is 0 Å². The Labute approximate surface area is 120 Å². The van der Waals surface area contributed by atoms with Crippen molar-refractivity contribution in [2.24, 2.45) is 17.6 Å². The number of aryl methyl sites for hydroxylation is 1. The zero-order valence-corrected chi connectivity index (χ0v) is 12.3. The minimum absolute atomic E-state index is 0.0378. The third-order valence-corrected chi connectivity index (χ3v) is 3.99. The monoisotopic (exact) mass is 276 g/mol. The lowest BCUT2D eigenvalue weighted by molar-refractivity contribution is -0.120. The van der Waals surface area contributed by atoms with E-state index in [-0.39, 0.29) is 11.8 Å². The Morgan fingerprint density at radius 1 is 1.45 bits per heavy atom. The van der Waals surface area contributed by atoms with Crippen molar-refractivity contribution in [2.45, 2.75) is 33.1 Å². The molecule has 2 atom stereocenters. The SMILES string of the molecule is CCOc1cc(C)ccc1NC(=O)[C@@H]1CCC[C@@H]1CN. The van der Waals surface area contributed by atoms with Gasteiger partial charge in [-0.25, -0.2) is 0 Å². The first-order valence-electron chi connectivity index (χ1n) is 7.40. The highest BCUT2D eigenvalue weighted by Gasteiger charge is 2.32. The lowest BCUT2D eigenvalue weighted by Crippen LogP contribution is -2.29. The van der Waals surface area contributed by atoms with Crippen LogP contribution in [0.25, 0.3) is 0 Å². The molecule has 1 amide bonds. The average molecular weight is 276 g/mol. The lowest BCUT2D eigenvalue weighted by Gasteiger charge is -2.19. The highest BCUT2D eigenvalue weighted by Crippen LogP contribution is 2.33. The summed E-state index contributed by atoms with van der Waals surface area (Å²) in [5.41, 5.74) is 7.62. The molecule has 0 aliphatic heterocycles. The second-order valence-electron chi connectivity index (χ2n) is 5.46. The molecule has 1 fully saturated rings. The van der Waals surface area contributed by atoms with Gasteiger partial charge in [0.2, 0.25) is 5.91 Å². The van der Waals surface area contributed by atoms with Gasteiger partial charge in [0.15, 0.2) is 0 Å². The van der Waals surface area contributed by atoms with E-state index in [2.05, 4.69) is 5.32 Å². The minimum Gasteiger partial charge on any atom is -0.492 e. The van der Waals surface area contributed by atoms with Gasteiger partial charge in [0, 0.05) is 5.92 Å². The van der Waals surface area contributed by atoms with Crippen molar-refractivity contribution >= 4 is 11.6 Å². The molecule has 3 N–H and O–H groups in total. The maximum atomic E-state index is 12.4. The molecular formula is C16H24N2O2. The van der Waals surface area contributed by atoms with Gasteiger partial charge in [0.1, 0.15) is 5.75 Å². The number of anilines is 1. The zero-order chi connectivity index (χ0) is 14.5. The zero-order valence-electron chi connectivity index (χ0n) is 12.3. The van der Waals surface area contributed by atoms with Crippen LogP contribution in [0.3, 0.4) is 0 Å². The first-order valence-corrected chi connectivity index (χ1v) is 7.40.